The predicted octanol–water partition coefficient (Wildman–Crippen LogP) is 4.05. The Bertz CT molecular complexity index is 599. The van der Waals surface area contributed by atoms with Crippen LogP contribution in [0.3, 0.4) is 0 Å². The summed E-state index contributed by atoms with van der Waals surface area (Å²) in [5.74, 6) is 2.61. The molecule has 1 aromatic carbocycles. The number of hydrogen-bond acceptors (Lipinski definition) is 5. The van der Waals surface area contributed by atoms with Crippen LogP contribution in [0.1, 0.15) is 49.9 Å². The average molecular weight is 303 g/mol. The SMILES string of the molecule is CCC(C)SCc1noc(C2CCNc3ccccc32)n1. The molecule has 1 aliphatic heterocycles. The minimum absolute atomic E-state index is 0.220. The third-order valence-electron chi connectivity index (χ3n) is 3.94. The molecule has 0 saturated carbocycles. The number of nitrogens with zero attached hydrogens (tertiary/aromatic N) is 2. The smallest absolute Gasteiger partial charge is 0.234 e. The quantitative estimate of drug-likeness (QED) is 0.903. The van der Waals surface area contributed by atoms with Gasteiger partial charge in [0, 0.05) is 17.5 Å². The Kier molecular flexibility index (Phi) is 4.48. The van der Waals surface area contributed by atoms with Gasteiger partial charge in [-0.2, -0.15) is 16.7 Å². The van der Waals surface area contributed by atoms with Gasteiger partial charge in [-0.15, -0.1) is 0 Å². The molecule has 1 aromatic heterocycles. The van der Waals surface area contributed by atoms with Crippen molar-refractivity contribution in [2.24, 2.45) is 0 Å². The summed E-state index contributed by atoms with van der Waals surface area (Å²) in [7, 11) is 0. The number of hydrogen-bond donors (Lipinski definition) is 1. The second-order valence-electron chi connectivity index (χ2n) is 5.43. The van der Waals surface area contributed by atoms with Crippen molar-refractivity contribution in [3.63, 3.8) is 0 Å². The van der Waals surface area contributed by atoms with Gasteiger partial charge < -0.3 is 9.84 Å². The highest BCUT2D eigenvalue weighted by atomic mass is 32.2. The van der Waals surface area contributed by atoms with Crippen molar-refractivity contribution in [3.05, 3.63) is 41.5 Å². The topological polar surface area (TPSA) is 51.0 Å². The number of aromatic nitrogens is 2. The molecule has 0 aliphatic carbocycles. The zero-order chi connectivity index (χ0) is 14.7. The maximum absolute atomic E-state index is 5.52. The van der Waals surface area contributed by atoms with E-state index in [4.69, 9.17) is 4.52 Å². The molecular weight excluding hydrogens is 282 g/mol. The second kappa shape index (κ2) is 6.52. The minimum Gasteiger partial charge on any atom is -0.385 e. The molecule has 2 aromatic rings. The van der Waals surface area contributed by atoms with Crippen molar-refractivity contribution in [2.45, 2.75) is 43.6 Å². The summed E-state index contributed by atoms with van der Waals surface area (Å²) in [4.78, 5) is 4.61. The molecule has 5 heteroatoms. The van der Waals surface area contributed by atoms with E-state index in [1.165, 1.54) is 11.3 Å². The van der Waals surface area contributed by atoms with Crippen LogP contribution in [-0.2, 0) is 5.75 Å². The Morgan fingerprint density at radius 3 is 3.14 bits per heavy atom. The highest BCUT2D eigenvalue weighted by Gasteiger charge is 2.26. The van der Waals surface area contributed by atoms with E-state index >= 15 is 0 Å². The van der Waals surface area contributed by atoms with Gasteiger partial charge in [0.2, 0.25) is 5.89 Å². The highest BCUT2D eigenvalue weighted by Crippen LogP contribution is 2.35. The van der Waals surface area contributed by atoms with Gasteiger partial charge in [-0.1, -0.05) is 37.2 Å². The Balaban J connectivity index is 1.75. The molecule has 1 aliphatic rings. The Morgan fingerprint density at radius 1 is 1.43 bits per heavy atom. The van der Waals surface area contributed by atoms with Crippen molar-refractivity contribution in [2.75, 3.05) is 11.9 Å². The molecule has 0 saturated heterocycles. The number of thioether (sulfide) groups is 1. The van der Waals surface area contributed by atoms with E-state index in [0.717, 1.165) is 36.9 Å². The second-order valence-corrected chi connectivity index (χ2v) is 6.86. The van der Waals surface area contributed by atoms with Gasteiger partial charge >= 0.3 is 0 Å². The fourth-order valence-corrected chi connectivity index (χ4v) is 3.31. The molecule has 1 N–H and O–H groups in total. The molecule has 0 bridgehead atoms. The van der Waals surface area contributed by atoms with E-state index in [2.05, 4.69) is 53.6 Å². The van der Waals surface area contributed by atoms with E-state index in [9.17, 15) is 0 Å². The summed E-state index contributed by atoms with van der Waals surface area (Å²) in [6.45, 7) is 5.38. The van der Waals surface area contributed by atoms with Crippen molar-refractivity contribution in [1.82, 2.24) is 10.1 Å². The number of fused-ring (bicyclic) bond motifs is 1. The molecule has 21 heavy (non-hydrogen) atoms. The minimum atomic E-state index is 0.220. The first kappa shape index (κ1) is 14.4. The summed E-state index contributed by atoms with van der Waals surface area (Å²) in [6, 6.07) is 8.37. The van der Waals surface area contributed by atoms with Crippen LogP contribution in [0.25, 0.3) is 0 Å². The summed E-state index contributed by atoms with van der Waals surface area (Å²) >= 11 is 1.88. The van der Waals surface area contributed by atoms with Crippen molar-refractivity contribution >= 4 is 17.4 Å². The standard InChI is InChI=1S/C16H21N3OS/c1-3-11(2)21-10-15-18-16(20-19-15)13-8-9-17-14-7-5-4-6-12(13)14/h4-7,11,13,17H,3,8-10H2,1-2H3. The first-order valence-corrected chi connectivity index (χ1v) is 8.59. The maximum Gasteiger partial charge on any atom is 0.234 e. The van der Waals surface area contributed by atoms with E-state index in [0.29, 0.717) is 5.25 Å². The van der Waals surface area contributed by atoms with E-state index < -0.39 is 0 Å². The molecule has 0 fully saturated rings. The Hall–Kier alpha value is -1.49. The normalized spacial score (nSPS) is 18.9. The molecule has 112 valence electrons. The van der Waals surface area contributed by atoms with Crippen LogP contribution >= 0.6 is 11.8 Å². The molecular formula is C16H21N3OS. The van der Waals surface area contributed by atoms with Crippen LogP contribution in [0, 0.1) is 0 Å². The molecule has 4 nitrogen and oxygen atoms in total. The van der Waals surface area contributed by atoms with Crippen LogP contribution in [-0.4, -0.2) is 21.9 Å². The zero-order valence-corrected chi connectivity index (χ0v) is 13.3. The molecule has 0 radical (unpaired) electrons. The van der Waals surface area contributed by atoms with Gasteiger partial charge in [0.15, 0.2) is 5.82 Å². The summed E-state index contributed by atoms with van der Waals surface area (Å²) in [5.41, 5.74) is 2.44. The van der Waals surface area contributed by atoms with Gasteiger partial charge in [0.1, 0.15) is 0 Å². The predicted molar refractivity (Wildman–Crippen MR) is 86.7 cm³/mol. The van der Waals surface area contributed by atoms with E-state index in [1.807, 2.05) is 11.8 Å². The number of nitrogens with one attached hydrogen (secondary N) is 1. The zero-order valence-electron chi connectivity index (χ0n) is 12.5. The van der Waals surface area contributed by atoms with Crippen LogP contribution in [0.4, 0.5) is 5.69 Å². The van der Waals surface area contributed by atoms with Gasteiger partial charge in [-0.05, 0) is 24.5 Å². The van der Waals surface area contributed by atoms with E-state index in [-0.39, 0.29) is 5.92 Å². The summed E-state index contributed by atoms with van der Waals surface area (Å²) in [5, 5.41) is 8.20. The van der Waals surface area contributed by atoms with Gasteiger partial charge in [-0.25, -0.2) is 0 Å². The fraction of sp³-hybridized carbons (Fsp3) is 0.500. The van der Waals surface area contributed by atoms with Crippen LogP contribution in [0.15, 0.2) is 28.8 Å². The lowest BCUT2D eigenvalue weighted by Crippen LogP contribution is -2.17. The number of para-hydroxylation sites is 1. The third-order valence-corrected chi connectivity index (χ3v) is 5.27. The van der Waals surface area contributed by atoms with Gasteiger partial charge in [-0.3, -0.25) is 0 Å². The molecule has 2 unspecified atom stereocenters. The largest absolute Gasteiger partial charge is 0.385 e. The van der Waals surface area contributed by atoms with Crippen molar-refractivity contribution < 1.29 is 4.52 Å². The summed E-state index contributed by atoms with van der Waals surface area (Å²) in [6.07, 6.45) is 2.16. The lowest BCUT2D eigenvalue weighted by atomic mass is 9.91. The number of rotatable bonds is 5. The molecule has 2 atom stereocenters. The van der Waals surface area contributed by atoms with Crippen LogP contribution in [0.2, 0.25) is 0 Å². The molecule has 2 heterocycles. The number of benzene rings is 1. The molecule has 0 spiro atoms. The third kappa shape index (κ3) is 3.23. The van der Waals surface area contributed by atoms with Crippen molar-refractivity contribution in [3.8, 4) is 0 Å². The number of anilines is 1. The van der Waals surface area contributed by atoms with Crippen molar-refractivity contribution in [1.29, 1.82) is 0 Å². The van der Waals surface area contributed by atoms with Crippen LogP contribution < -0.4 is 5.32 Å². The molecule has 3 rings (SSSR count). The van der Waals surface area contributed by atoms with Gasteiger partial charge in [0.05, 0.1) is 11.7 Å². The fourth-order valence-electron chi connectivity index (χ4n) is 2.53. The Labute approximate surface area is 129 Å². The first-order chi connectivity index (χ1) is 10.3. The Morgan fingerprint density at radius 2 is 2.29 bits per heavy atom. The lowest BCUT2D eigenvalue weighted by Gasteiger charge is -2.23. The average Bonchev–Trinajstić information content (AvgIpc) is 3.00. The maximum atomic E-state index is 5.52. The highest BCUT2D eigenvalue weighted by molar-refractivity contribution is 7.99. The van der Waals surface area contributed by atoms with Crippen LogP contribution in [0.5, 0.6) is 0 Å². The van der Waals surface area contributed by atoms with Gasteiger partial charge in [0.25, 0.3) is 0 Å². The van der Waals surface area contributed by atoms with E-state index in [1.54, 1.807) is 0 Å². The monoisotopic (exact) mass is 303 g/mol. The first-order valence-electron chi connectivity index (χ1n) is 7.54. The summed E-state index contributed by atoms with van der Waals surface area (Å²) < 4.78 is 5.52. The lowest BCUT2D eigenvalue weighted by molar-refractivity contribution is 0.357. The molecule has 0 amide bonds.